The van der Waals surface area contributed by atoms with Crippen molar-refractivity contribution in [3.63, 3.8) is 0 Å². The first kappa shape index (κ1) is 34.5. The van der Waals surface area contributed by atoms with Gasteiger partial charge in [-0.25, -0.2) is 0 Å². The Kier molecular flexibility index (Phi) is 17.9. The van der Waals surface area contributed by atoms with Crippen LogP contribution in [0.3, 0.4) is 0 Å². The number of hydrogen-bond donors (Lipinski definition) is 4. The van der Waals surface area contributed by atoms with Crippen molar-refractivity contribution in [3.05, 3.63) is 56.8 Å². The number of rotatable bonds is 9. The normalized spacial score (nSPS) is 11.4. The third-order valence-corrected chi connectivity index (χ3v) is 4.89. The zero-order valence-electron chi connectivity index (χ0n) is 23.7. The maximum atomic E-state index is 12.1. The summed E-state index contributed by atoms with van der Waals surface area (Å²) in [6, 6.07) is 1.90. The number of allylic oxidation sites excluding steroid dienone is 4. The quantitative estimate of drug-likeness (QED) is 0.294. The van der Waals surface area contributed by atoms with Gasteiger partial charge in [0.2, 0.25) is 5.88 Å². The lowest BCUT2D eigenvalue weighted by molar-refractivity contribution is -0.116. The number of nitrogens with two attached hydrogens (primary N) is 2. The van der Waals surface area contributed by atoms with Gasteiger partial charge >= 0.3 is 0 Å². The number of pyridine rings is 1. The molecule has 0 fully saturated rings. The third kappa shape index (κ3) is 10.7. The molecule has 9 nitrogen and oxygen atoms in total. The van der Waals surface area contributed by atoms with Gasteiger partial charge < -0.3 is 26.8 Å². The molecule has 0 aromatic carbocycles. The molecule has 9 heteroatoms. The molecule has 1 heterocycles. The number of nitrogen functional groups attached to an aromatic ring is 1. The van der Waals surface area contributed by atoms with Crippen LogP contribution in [0, 0.1) is 24.2 Å². The fourth-order valence-corrected chi connectivity index (χ4v) is 2.88. The molecule has 1 rings (SSSR count). The highest BCUT2D eigenvalue weighted by molar-refractivity contribution is 5.94. The predicted molar refractivity (Wildman–Crippen MR) is 149 cm³/mol. The second-order valence-corrected chi connectivity index (χ2v) is 7.95. The molecule has 0 unspecified atom stereocenters. The molecular formula is C27H46N6O3. The highest BCUT2D eigenvalue weighted by Gasteiger charge is 2.17. The van der Waals surface area contributed by atoms with Crippen molar-refractivity contribution in [1.29, 1.82) is 5.26 Å². The molecule has 0 atom stereocenters. The number of hydrogen-bond acceptors (Lipinski definition) is 7. The van der Waals surface area contributed by atoms with Gasteiger partial charge in [-0.15, -0.1) is 0 Å². The van der Waals surface area contributed by atoms with E-state index in [0.29, 0.717) is 35.3 Å². The predicted octanol–water partition coefficient (Wildman–Crippen LogP) is 4.07. The number of carbonyl (C=O) groups is 1. The molecule has 0 saturated heterocycles. The van der Waals surface area contributed by atoms with E-state index < -0.39 is 0 Å². The van der Waals surface area contributed by atoms with Gasteiger partial charge in [0.1, 0.15) is 17.3 Å². The second-order valence-electron chi connectivity index (χ2n) is 7.95. The highest BCUT2D eigenvalue weighted by atomic mass is 16.5. The Labute approximate surface area is 216 Å². The summed E-state index contributed by atoms with van der Waals surface area (Å²) in [5.74, 6) is 0.416. The molecule has 0 aliphatic rings. The summed E-state index contributed by atoms with van der Waals surface area (Å²) in [4.78, 5) is 23.9. The van der Waals surface area contributed by atoms with Crippen LogP contribution in [-0.4, -0.2) is 24.6 Å². The number of anilines is 1. The molecule has 0 aliphatic carbocycles. The number of methoxy groups -OCH3 is 1. The van der Waals surface area contributed by atoms with Gasteiger partial charge in [0.25, 0.3) is 11.5 Å². The van der Waals surface area contributed by atoms with E-state index in [-0.39, 0.29) is 22.7 Å². The summed E-state index contributed by atoms with van der Waals surface area (Å²) < 4.78 is 6.60. The van der Waals surface area contributed by atoms with Gasteiger partial charge in [0.15, 0.2) is 0 Å². The average Bonchev–Trinajstić information content (AvgIpc) is 2.86. The van der Waals surface area contributed by atoms with E-state index in [4.69, 9.17) is 21.5 Å². The maximum Gasteiger partial charge on any atom is 0.273 e. The zero-order chi connectivity index (χ0) is 28.4. The van der Waals surface area contributed by atoms with E-state index in [0.717, 1.165) is 18.5 Å². The third-order valence-electron chi connectivity index (χ3n) is 4.89. The number of nitriles is 1. The zero-order valence-corrected chi connectivity index (χ0v) is 23.7. The molecule has 6 N–H and O–H groups in total. The van der Waals surface area contributed by atoms with Crippen molar-refractivity contribution in [1.82, 2.24) is 15.2 Å². The first-order chi connectivity index (χ1) is 17.0. The van der Waals surface area contributed by atoms with Crippen molar-refractivity contribution >= 4 is 11.6 Å². The van der Waals surface area contributed by atoms with E-state index in [2.05, 4.69) is 10.6 Å². The molecule has 1 amide bonds. The fourth-order valence-electron chi connectivity index (χ4n) is 2.88. The number of carbonyl (C=O) groups excluding carboxylic acids is 1. The first-order valence-corrected chi connectivity index (χ1v) is 12.3. The van der Waals surface area contributed by atoms with E-state index in [1.807, 2.05) is 65.8 Å². The summed E-state index contributed by atoms with van der Waals surface area (Å²) in [7, 11) is 3.20. The topological polar surface area (TPSA) is 148 Å². The van der Waals surface area contributed by atoms with Gasteiger partial charge in [-0.3, -0.25) is 14.2 Å². The lowest BCUT2D eigenvalue weighted by Crippen LogP contribution is -2.30. The minimum absolute atomic E-state index is 0.0967. The molecule has 202 valence electrons. The van der Waals surface area contributed by atoms with Crippen molar-refractivity contribution in [2.24, 2.45) is 11.7 Å². The van der Waals surface area contributed by atoms with Crippen LogP contribution in [0.2, 0.25) is 0 Å². The molecule has 0 radical (unpaired) electrons. The molecule has 0 spiro atoms. The molecular weight excluding hydrogens is 456 g/mol. The Hall–Kier alpha value is -3.67. The minimum Gasteiger partial charge on any atom is -0.481 e. The molecule has 0 aliphatic heterocycles. The largest absolute Gasteiger partial charge is 0.481 e. The molecule has 36 heavy (non-hydrogen) atoms. The van der Waals surface area contributed by atoms with Crippen LogP contribution in [0.5, 0.6) is 5.88 Å². The van der Waals surface area contributed by atoms with Crippen molar-refractivity contribution in [2.45, 2.75) is 74.8 Å². The fraction of sp³-hybridized carbons (Fsp3) is 0.519. The highest BCUT2D eigenvalue weighted by Crippen LogP contribution is 2.25. The SMILES string of the molecule is C/C=C\C(=C/C(C)C)NC(=O)/C(N)=C(/C)NC.CC.CCCCn1c(OC)c(N)c(C)c(C#N)c1=O. The number of ether oxygens (including phenoxy) is 1. The summed E-state index contributed by atoms with van der Waals surface area (Å²) >= 11 is 0. The maximum absolute atomic E-state index is 12.1. The second kappa shape index (κ2) is 18.6. The van der Waals surface area contributed by atoms with Crippen LogP contribution in [0.1, 0.15) is 72.4 Å². The van der Waals surface area contributed by atoms with Crippen LogP contribution in [0.15, 0.2) is 40.1 Å². The number of nitrogens with one attached hydrogen (secondary N) is 2. The number of nitrogens with zero attached hydrogens (tertiary/aromatic N) is 2. The summed E-state index contributed by atoms with van der Waals surface area (Å²) in [6.45, 7) is 16.0. The number of unbranched alkanes of at least 4 members (excludes halogenated alkanes) is 1. The van der Waals surface area contributed by atoms with Gasteiger partial charge in [-0.05, 0) is 39.2 Å². The first-order valence-electron chi connectivity index (χ1n) is 12.3. The smallest absolute Gasteiger partial charge is 0.273 e. The van der Waals surface area contributed by atoms with Crippen molar-refractivity contribution in [2.75, 3.05) is 19.9 Å². The lowest BCUT2D eigenvalue weighted by atomic mass is 10.1. The standard InChI is InChI=1S/C13H23N3O.C12H17N3O2.C2H6/c1-6-7-11(8-9(2)3)16-13(17)12(14)10(4)15-5;1-4-5-6-15-11(16)9(7-13)8(2)10(14)12(15)17-3;1-2/h6-9,15H,14H2,1-5H3,(H,16,17);4-6,14H2,1-3H3;1-2H3/b7-6-,11-8+,12-10+;;. The monoisotopic (exact) mass is 502 g/mol. The van der Waals surface area contributed by atoms with E-state index in [1.54, 1.807) is 20.9 Å². The average molecular weight is 503 g/mol. The number of aromatic nitrogens is 1. The Balaban J connectivity index is 0. The Bertz CT molecular complexity index is 1030. The van der Waals surface area contributed by atoms with Crippen LogP contribution in [0.25, 0.3) is 0 Å². The van der Waals surface area contributed by atoms with Gasteiger partial charge in [0.05, 0.1) is 12.8 Å². The molecule has 1 aromatic heterocycles. The van der Waals surface area contributed by atoms with Gasteiger partial charge in [0, 0.05) is 30.5 Å². The molecule has 0 saturated carbocycles. The Morgan fingerprint density at radius 2 is 1.89 bits per heavy atom. The Morgan fingerprint density at radius 3 is 2.31 bits per heavy atom. The van der Waals surface area contributed by atoms with Gasteiger partial charge in [-0.2, -0.15) is 5.26 Å². The number of amides is 1. The van der Waals surface area contributed by atoms with Crippen LogP contribution < -0.4 is 32.4 Å². The molecule has 1 aromatic rings. The Morgan fingerprint density at radius 1 is 1.31 bits per heavy atom. The van der Waals surface area contributed by atoms with E-state index in [1.165, 1.54) is 11.7 Å². The molecule has 0 bridgehead atoms. The lowest BCUT2D eigenvalue weighted by Gasteiger charge is -2.16. The van der Waals surface area contributed by atoms with Gasteiger partial charge in [-0.1, -0.05) is 53.2 Å². The minimum atomic E-state index is -0.329. The van der Waals surface area contributed by atoms with Crippen LogP contribution in [-0.2, 0) is 11.3 Å². The van der Waals surface area contributed by atoms with Crippen LogP contribution >= 0.6 is 0 Å². The summed E-state index contributed by atoms with van der Waals surface area (Å²) in [5.41, 5.74) is 13.8. The van der Waals surface area contributed by atoms with E-state index >= 15 is 0 Å². The van der Waals surface area contributed by atoms with Crippen molar-refractivity contribution < 1.29 is 9.53 Å². The van der Waals surface area contributed by atoms with Crippen molar-refractivity contribution in [3.8, 4) is 11.9 Å². The summed E-state index contributed by atoms with van der Waals surface area (Å²) in [5, 5.41) is 14.6. The summed E-state index contributed by atoms with van der Waals surface area (Å²) in [6.07, 6.45) is 7.48. The van der Waals surface area contributed by atoms with E-state index in [9.17, 15) is 9.59 Å². The van der Waals surface area contributed by atoms with Crippen LogP contribution in [0.4, 0.5) is 5.69 Å².